The van der Waals surface area contributed by atoms with Crippen molar-refractivity contribution in [3.05, 3.63) is 46.6 Å². The summed E-state index contributed by atoms with van der Waals surface area (Å²) in [5.41, 5.74) is 0. The molecule has 1 rings (SSSR count). The molecule has 0 N–H and O–H groups in total. The molecule has 1 aliphatic carbocycles. The van der Waals surface area contributed by atoms with E-state index in [4.69, 9.17) is 0 Å². The van der Waals surface area contributed by atoms with E-state index in [1.165, 1.54) is 12.8 Å². The molecule has 0 atom stereocenters. The number of hydrogen-bond acceptors (Lipinski definition) is 0. The molecule has 0 fully saturated rings. The van der Waals surface area contributed by atoms with Gasteiger partial charge in [0.1, 0.15) is 0 Å². The van der Waals surface area contributed by atoms with Crippen molar-refractivity contribution in [2.75, 3.05) is 12.8 Å². The number of allylic oxidation sites excluding steroid dienone is 4. The first kappa shape index (κ1) is 37.0. The molecule has 0 saturated carbocycles. The molecule has 13 heavy (non-hydrogen) atoms. The first-order chi connectivity index (χ1) is 4.50. The van der Waals surface area contributed by atoms with Crippen LogP contribution >= 0.6 is 23.2 Å². The molecular weight excluding hydrogens is 282 g/mol. The van der Waals surface area contributed by atoms with Crippen LogP contribution in [0.25, 0.3) is 0 Å². The van der Waals surface area contributed by atoms with Crippen molar-refractivity contribution in [3.8, 4) is 0 Å². The maximum atomic E-state index is 4.64. The molecule has 0 heterocycles. The minimum absolute atomic E-state index is 0. The van der Waals surface area contributed by atoms with Crippen molar-refractivity contribution >= 4 is 23.2 Å². The van der Waals surface area contributed by atoms with Crippen LogP contribution in [0, 0.1) is 28.4 Å². The summed E-state index contributed by atoms with van der Waals surface area (Å²) in [6, 6.07) is 0. The smallest absolute Gasteiger partial charge is 0.358 e. The average Bonchev–Trinajstić information content (AvgIpc) is 2.51. The van der Waals surface area contributed by atoms with Gasteiger partial charge in [-0.3, -0.25) is 6.08 Å². The molecular formula is C10H20Cl2Zr. The maximum Gasteiger partial charge on any atom is 4.00 e. The number of rotatable bonds is 0. The molecule has 0 aromatic carbocycles. The number of alkyl halides is 2. The van der Waals surface area contributed by atoms with E-state index >= 15 is 0 Å². The minimum Gasteiger partial charge on any atom is -0.358 e. The van der Waals surface area contributed by atoms with Gasteiger partial charge in [0.15, 0.2) is 0 Å². The van der Waals surface area contributed by atoms with E-state index in [1.807, 2.05) is 12.2 Å². The third-order valence-corrected chi connectivity index (χ3v) is 0.586. The Morgan fingerprint density at radius 3 is 1.46 bits per heavy atom. The van der Waals surface area contributed by atoms with Crippen LogP contribution in [0.2, 0.25) is 0 Å². The van der Waals surface area contributed by atoms with Crippen LogP contribution in [0.15, 0.2) is 18.2 Å². The second-order valence-electron chi connectivity index (χ2n) is 1.00. The summed E-state index contributed by atoms with van der Waals surface area (Å²) < 4.78 is 0. The predicted molar refractivity (Wildman–Crippen MR) is 64.4 cm³/mol. The fourth-order valence-corrected chi connectivity index (χ4v) is 0.340. The minimum atomic E-state index is 0. The van der Waals surface area contributed by atoms with Gasteiger partial charge in [0.2, 0.25) is 0 Å². The maximum absolute atomic E-state index is 4.64. The Hall–Kier alpha value is 0.943. The van der Waals surface area contributed by atoms with Crippen molar-refractivity contribution in [3.63, 3.8) is 0 Å². The van der Waals surface area contributed by atoms with Crippen LogP contribution in [0.3, 0.4) is 0 Å². The zero-order valence-corrected chi connectivity index (χ0v) is 13.2. The second kappa shape index (κ2) is 52.3. The van der Waals surface area contributed by atoms with Crippen LogP contribution in [-0.4, -0.2) is 12.8 Å². The molecule has 3 heteroatoms. The van der Waals surface area contributed by atoms with Crippen LogP contribution < -0.4 is 0 Å². The molecule has 0 bridgehead atoms. The summed E-state index contributed by atoms with van der Waals surface area (Å²) in [5, 5.41) is 0. The molecule has 0 spiro atoms. The topological polar surface area (TPSA) is 0 Å². The summed E-state index contributed by atoms with van der Waals surface area (Å²) in [7, 11) is 0. The van der Waals surface area contributed by atoms with E-state index < -0.39 is 0 Å². The zero-order valence-electron chi connectivity index (χ0n) is 9.20. The summed E-state index contributed by atoms with van der Waals surface area (Å²) >= 11 is 9.28. The van der Waals surface area contributed by atoms with Crippen molar-refractivity contribution in [1.29, 1.82) is 0 Å². The third-order valence-electron chi connectivity index (χ3n) is 0.586. The third kappa shape index (κ3) is 43.9. The van der Waals surface area contributed by atoms with Gasteiger partial charge in [0.25, 0.3) is 0 Å². The van der Waals surface area contributed by atoms with Gasteiger partial charge in [-0.05, 0) is 0 Å². The van der Waals surface area contributed by atoms with Crippen LogP contribution in [0.1, 0.15) is 6.42 Å². The largest absolute Gasteiger partial charge is 4.00 e. The van der Waals surface area contributed by atoms with Gasteiger partial charge >= 0.3 is 26.2 Å². The van der Waals surface area contributed by atoms with E-state index in [0.717, 1.165) is 6.42 Å². The summed E-state index contributed by atoms with van der Waals surface area (Å²) in [6.07, 6.45) is 12.9. The van der Waals surface area contributed by atoms with Crippen molar-refractivity contribution < 1.29 is 26.2 Å². The Morgan fingerprint density at radius 2 is 1.38 bits per heavy atom. The van der Waals surface area contributed by atoms with Crippen molar-refractivity contribution in [1.82, 2.24) is 0 Å². The van der Waals surface area contributed by atoms with Crippen LogP contribution in [0.5, 0.6) is 0 Å². The zero-order chi connectivity index (χ0) is 7.54. The van der Waals surface area contributed by atoms with Crippen LogP contribution in [0.4, 0.5) is 0 Å². The first-order valence-electron chi connectivity index (χ1n) is 2.47. The van der Waals surface area contributed by atoms with Crippen molar-refractivity contribution in [2.45, 2.75) is 6.42 Å². The summed E-state index contributed by atoms with van der Waals surface area (Å²) in [6.45, 7) is 0. The standard InChI is InChI=1S/C5H5.2CH3Cl.3CH3.Zr/c1-2-4-5-3-1;2*1-2;;;;/h1-3H,4H2;2*1H3;3*1H3;/q-1;;;3*-1;+4. The van der Waals surface area contributed by atoms with Gasteiger partial charge < -0.3 is 22.3 Å². The average molecular weight is 302 g/mol. The molecule has 0 radical (unpaired) electrons. The molecule has 0 aliphatic heterocycles. The van der Waals surface area contributed by atoms with E-state index in [1.54, 1.807) is 0 Å². The van der Waals surface area contributed by atoms with Gasteiger partial charge in [-0.15, -0.1) is 29.6 Å². The Balaban J connectivity index is -0.0000000141. The van der Waals surface area contributed by atoms with E-state index in [-0.39, 0.29) is 48.5 Å². The van der Waals surface area contributed by atoms with Gasteiger partial charge in [-0.1, -0.05) is 0 Å². The van der Waals surface area contributed by atoms with E-state index in [9.17, 15) is 0 Å². The van der Waals surface area contributed by atoms with Crippen molar-refractivity contribution in [2.24, 2.45) is 0 Å². The SMILES string of the molecule is CCl.CCl.[C-]1=CC=CC1.[CH3-].[CH3-].[CH3-].[Zr+4]. The van der Waals surface area contributed by atoms with E-state index in [2.05, 4.69) is 35.4 Å². The Bertz CT molecular complexity index is 71.0. The van der Waals surface area contributed by atoms with E-state index in [0.29, 0.717) is 0 Å². The van der Waals surface area contributed by atoms with Gasteiger partial charge in [-0.25, -0.2) is 12.2 Å². The molecule has 0 aromatic rings. The molecule has 1 aliphatic rings. The summed E-state index contributed by atoms with van der Waals surface area (Å²) in [4.78, 5) is 0. The number of hydrogen-bond donors (Lipinski definition) is 0. The molecule has 0 saturated heterocycles. The van der Waals surface area contributed by atoms with Gasteiger partial charge in [0, 0.05) is 12.8 Å². The predicted octanol–water partition coefficient (Wildman–Crippen LogP) is 4.36. The fourth-order valence-electron chi connectivity index (χ4n) is 0.340. The number of halogens is 2. The molecule has 0 nitrogen and oxygen atoms in total. The molecule has 78 valence electrons. The normalized spacial score (nSPS) is 7.69. The first-order valence-corrected chi connectivity index (χ1v) is 3.98. The Kier molecular flexibility index (Phi) is 149. The van der Waals surface area contributed by atoms with Gasteiger partial charge in [0.05, 0.1) is 0 Å². The second-order valence-corrected chi connectivity index (χ2v) is 1.00. The van der Waals surface area contributed by atoms with Gasteiger partial charge in [-0.2, -0.15) is 6.08 Å². The molecule has 0 unspecified atom stereocenters. The molecule has 0 amide bonds. The Labute approximate surface area is 115 Å². The summed E-state index contributed by atoms with van der Waals surface area (Å²) in [5.74, 6) is 0. The quantitative estimate of drug-likeness (QED) is 0.460. The molecule has 0 aromatic heterocycles. The monoisotopic (exact) mass is 300 g/mol. The fraction of sp³-hybridized carbons (Fsp3) is 0.300. The Morgan fingerprint density at radius 1 is 1.00 bits per heavy atom. The van der Waals surface area contributed by atoms with Crippen LogP contribution in [-0.2, 0) is 26.2 Å².